The second-order valence-corrected chi connectivity index (χ2v) is 13.7. The van der Waals surface area contributed by atoms with Gasteiger partial charge in [-0.15, -0.1) is 11.3 Å². The third-order valence-electron chi connectivity index (χ3n) is 9.38. The molecular weight excluding hydrogens is 657 g/mol. The topological polar surface area (TPSA) is 64.7 Å². The third kappa shape index (κ3) is 5.34. The molecule has 52 heavy (non-hydrogen) atoms. The number of furan rings is 1. The molecule has 6 heteroatoms. The maximum absolute atomic E-state index is 6.52. The van der Waals surface area contributed by atoms with Crippen LogP contribution in [0.15, 0.2) is 174 Å². The van der Waals surface area contributed by atoms with E-state index in [-0.39, 0.29) is 0 Å². The first-order valence-electron chi connectivity index (χ1n) is 17.1. The molecule has 0 saturated heterocycles. The van der Waals surface area contributed by atoms with Crippen LogP contribution in [0.2, 0.25) is 0 Å². The van der Waals surface area contributed by atoms with Crippen LogP contribution in [0.4, 0.5) is 0 Å². The van der Waals surface area contributed by atoms with Crippen LogP contribution in [0.5, 0.6) is 0 Å². The van der Waals surface area contributed by atoms with Crippen LogP contribution in [0.1, 0.15) is 0 Å². The molecule has 0 saturated carbocycles. The Morgan fingerprint density at radius 1 is 0.385 bits per heavy atom. The lowest BCUT2D eigenvalue weighted by atomic mass is 9.95. The molecule has 0 amide bonds. The predicted molar refractivity (Wildman–Crippen MR) is 213 cm³/mol. The van der Waals surface area contributed by atoms with Crippen LogP contribution in [-0.2, 0) is 0 Å². The number of nitrogens with zero attached hydrogens (tertiary/aromatic N) is 4. The van der Waals surface area contributed by atoms with E-state index in [1.54, 1.807) is 11.3 Å². The number of thiazole rings is 1. The van der Waals surface area contributed by atoms with Gasteiger partial charge in [0.2, 0.25) is 0 Å². The second kappa shape index (κ2) is 12.5. The molecule has 3 aromatic heterocycles. The van der Waals surface area contributed by atoms with Gasteiger partial charge >= 0.3 is 0 Å². The zero-order valence-corrected chi connectivity index (χ0v) is 28.6. The summed E-state index contributed by atoms with van der Waals surface area (Å²) in [6, 6.07) is 58.0. The summed E-state index contributed by atoms with van der Waals surface area (Å²) < 4.78 is 7.61. The number of rotatable bonds is 6. The minimum absolute atomic E-state index is 0.601. The Kier molecular flexibility index (Phi) is 7.25. The fourth-order valence-electron chi connectivity index (χ4n) is 6.90. The van der Waals surface area contributed by atoms with Gasteiger partial charge in [0.05, 0.1) is 10.2 Å². The van der Waals surface area contributed by atoms with Crippen molar-refractivity contribution in [3.63, 3.8) is 0 Å². The SMILES string of the molecule is c1ccc(-c2cccc(-c3nc(-c4ccccc4)nc(-c4ccccc4-c4cccc5oc6cc7sc(-c8ccccc8)nc7cc6c45)n3)c2)cc1. The first-order chi connectivity index (χ1) is 25.7. The maximum atomic E-state index is 6.52. The van der Waals surface area contributed by atoms with E-state index in [9.17, 15) is 0 Å². The molecule has 0 aliphatic heterocycles. The van der Waals surface area contributed by atoms with Crippen molar-refractivity contribution in [3.8, 4) is 67.0 Å². The molecule has 0 aliphatic rings. The van der Waals surface area contributed by atoms with Gasteiger partial charge in [-0.1, -0.05) is 146 Å². The molecule has 0 radical (unpaired) electrons. The number of hydrogen-bond acceptors (Lipinski definition) is 6. The zero-order chi connectivity index (χ0) is 34.4. The standard InChI is InChI=1S/C46H28N4OS/c1-4-14-29(15-5-1)32-20-12-21-33(26-32)44-48-43(30-16-6-2-7-17-30)49-45(50-44)36-23-11-10-22-34(36)35-24-13-25-39-42(35)37-27-38-41(28-40(37)51-39)52-46(47-38)31-18-8-3-9-19-31/h1-28H. The van der Waals surface area contributed by atoms with Crippen molar-refractivity contribution < 1.29 is 4.42 Å². The lowest BCUT2D eigenvalue weighted by Crippen LogP contribution is -2.01. The molecule has 244 valence electrons. The van der Waals surface area contributed by atoms with E-state index >= 15 is 0 Å². The summed E-state index contributed by atoms with van der Waals surface area (Å²) in [6.45, 7) is 0. The third-order valence-corrected chi connectivity index (χ3v) is 10.4. The van der Waals surface area contributed by atoms with Gasteiger partial charge in [0.1, 0.15) is 16.2 Å². The number of fused-ring (bicyclic) bond motifs is 4. The van der Waals surface area contributed by atoms with Crippen molar-refractivity contribution in [2.24, 2.45) is 0 Å². The molecule has 0 atom stereocenters. The summed E-state index contributed by atoms with van der Waals surface area (Å²) in [4.78, 5) is 20.4. The van der Waals surface area contributed by atoms with Crippen molar-refractivity contribution in [2.75, 3.05) is 0 Å². The normalized spacial score (nSPS) is 11.5. The second-order valence-electron chi connectivity index (χ2n) is 12.6. The average Bonchev–Trinajstić information content (AvgIpc) is 3.81. The van der Waals surface area contributed by atoms with E-state index in [4.69, 9.17) is 24.4 Å². The molecule has 0 N–H and O–H groups in total. The lowest BCUT2D eigenvalue weighted by molar-refractivity contribution is 0.669. The summed E-state index contributed by atoms with van der Waals surface area (Å²) in [7, 11) is 0. The maximum Gasteiger partial charge on any atom is 0.164 e. The Bertz CT molecular complexity index is 2900. The highest BCUT2D eigenvalue weighted by Crippen LogP contribution is 2.42. The minimum atomic E-state index is 0.601. The molecule has 0 aliphatic carbocycles. The summed E-state index contributed by atoms with van der Waals surface area (Å²) in [6.07, 6.45) is 0. The smallest absolute Gasteiger partial charge is 0.164 e. The fourth-order valence-corrected chi connectivity index (χ4v) is 7.88. The van der Waals surface area contributed by atoms with E-state index in [0.29, 0.717) is 17.5 Å². The Labute approximate surface area is 303 Å². The van der Waals surface area contributed by atoms with Crippen LogP contribution >= 0.6 is 11.3 Å². The van der Waals surface area contributed by atoms with Crippen LogP contribution in [0, 0.1) is 0 Å². The van der Waals surface area contributed by atoms with E-state index in [2.05, 4.69) is 97.1 Å². The zero-order valence-electron chi connectivity index (χ0n) is 27.8. The Hall–Kier alpha value is -6.76. The van der Waals surface area contributed by atoms with Crippen molar-refractivity contribution in [2.45, 2.75) is 0 Å². The highest BCUT2D eigenvalue weighted by atomic mass is 32.1. The number of aromatic nitrogens is 4. The Morgan fingerprint density at radius 2 is 0.962 bits per heavy atom. The van der Waals surface area contributed by atoms with Gasteiger partial charge in [0, 0.05) is 39.1 Å². The number of benzene rings is 7. The molecule has 0 fully saturated rings. The molecule has 3 heterocycles. The quantitative estimate of drug-likeness (QED) is 0.174. The molecule has 10 rings (SSSR count). The predicted octanol–water partition coefficient (Wildman–Crippen LogP) is 12.4. The molecular formula is C46H28N4OS. The van der Waals surface area contributed by atoms with Gasteiger partial charge in [-0.05, 0) is 40.5 Å². The fraction of sp³-hybridized carbons (Fsp3) is 0. The van der Waals surface area contributed by atoms with Gasteiger partial charge < -0.3 is 4.42 Å². The van der Waals surface area contributed by atoms with Gasteiger partial charge in [0.25, 0.3) is 0 Å². The van der Waals surface area contributed by atoms with Crippen molar-refractivity contribution in [1.82, 2.24) is 19.9 Å². The van der Waals surface area contributed by atoms with E-state index in [0.717, 1.165) is 81.7 Å². The highest BCUT2D eigenvalue weighted by Gasteiger charge is 2.20. The van der Waals surface area contributed by atoms with E-state index in [1.165, 1.54) is 0 Å². The first-order valence-corrected chi connectivity index (χ1v) is 18.0. The van der Waals surface area contributed by atoms with Crippen LogP contribution < -0.4 is 0 Å². The average molecular weight is 685 g/mol. The monoisotopic (exact) mass is 684 g/mol. The molecule has 0 unspecified atom stereocenters. The van der Waals surface area contributed by atoms with Crippen molar-refractivity contribution in [1.29, 1.82) is 0 Å². The van der Waals surface area contributed by atoms with Crippen LogP contribution in [0.25, 0.3) is 99.1 Å². The molecule has 0 spiro atoms. The molecule has 0 bridgehead atoms. The van der Waals surface area contributed by atoms with Crippen molar-refractivity contribution >= 4 is 43.5 Å². The van der Waals surface area contributed by atoms with Gasteiger partial charge in [-0.3, -0.25) is 0 Å². The van der Waals surface area contributed by atoms with E-state index in [1.807, 2.05) is 72.8 Å². The highest BCUT2D eigenvalue weighted by molar-refractivity contribution is 7.21. The molecule has 10 aromatic rings. The van der Waals surface area contributed by atoms with Gasteiger partial charge in [0.15, 0.2) is 17.5 Å². The number of hydrogen-bond donors (Lipinski definition) is 0. The lowest BCUT2D eigenvalue weighted by Gasteiger charge is -2.13. The molecule has 5 nitrogen and oxygen atoms in total. The summed E-state index contributed by atoms with van der Waals surface area (Å²) in [5, 5.41) is 3.05. The first kappa shape index (κ1) is 30.1. The van der Waals surface area contributed by atoms with Crippen LogP contribution in [-0.4, -0.2) is 19.9 Å². The summed E-state index contributed by atoms with van der Waals surface area (Å²) in [5.74, 6) is 1.83. The van der Waals surface area contributed by atoms with Gasteiger partial charge in [-0.2, -0.15) is 0 Å². The van der Waals surface area contributed by atoms with Crippen molar-refractivity contribution in [3.05, 3.63) is 170 Å². The van der Waals surface area contributed by atoms with Gasteiger partial charge in [-0.25, -0.2) is 19.9 Å². The Balaban J connectivity index is 1.15. The minimum Gasteiger partial charge on any atom is -0.456 e. The summed E-state index contributed by atoms with van der Waals surface area (Å²) in [5.41, 5.74) is 10.8. The van der Waals surface area contributed by atoms with E-state index < -0.39 is 0 Å². The largest absolute Gasteiger partial charge is 0.456 e. The molecule has 7 aromatic carbocycles. The Morgan fingerprint density at radius 3 is 1.73 bits per heavy atom. The summed E-state index contributed by atoms with van der Waals surface area (Å²) >= 11 is 1.68. The van der Waals surface area contributed by atoms with Crippen LogP contribution in [0.3, 0.4) is 0 Å².